The molecule has 1 N–H and O–H groups in total. The smallest absolute Gasteiger partial charge is 0.254 e. The van der Waals surface area contributed by atoms with E-state index in [0.717, 1.165) is 17.7 Å². The third-order valence-electron chi connectivity index (χ3n) is 4.39. The fourth-order valence-electron chi connectivity index (χ4n) is 3.10. The Bertz CT molecular complexity index is 812. The molecule has 7 heteroatoms. The summed E-state index contributed by atoms with van der Waals surface area (Å²) >= 11 is 6.18. The summed E-state index contributed by atoms with van der Waals surface area (Å²) in [4.78, 5) is 34.7. The van der Waals surface area contributed by atoms with E-state index in [1.807, 2.05) is 25.1 Å². The average molecular weight is 373 g/mol. The molecule has 26 heavy (non-hydrogen) atoms. The zero-order valence-corrected chi connectivity index (χ0v) is 15.4. The van der Waals surface area contributed by atoms with Gasteiger partial charge in [0.2, 0.25) is 5.91 Å². The van der Waals surface area contributed by atoms with Gasteiger partial charge in [-0.05, 0) is 18.1 Å². The zero-order valence-electron chi connectivity index (χ0n) is 14.6. The molecule has 0 bridgehead atoms. The van der Waals surface area contributed by atoms with Gasteiger partial charge < -0.3 is 10.2 Å². The summed E-state index contributed by atoms with van der Waals surface area (Å²) in [6.07, 6.45) is 4.88. The van der Waals surface area contributed by atoms with E-state index in [-0.39, 0.29) is 24.3 Å². The molecule has 2 heterocycles. The minimum absolute atomic E-state index is 0.00770. The van der Waals surface area contributed by atoms with Crippen molar-refractivity contribution in [2.45, 2.75) is 38.8 Å². The highest BCUT2D eigenvalue weighted by atomic mass is 35.5. The number of amides is 2. The minimum Gasteiger partial charge on any atom is -0.347 e. The van der Waals surface area contributed by atoms with Crippen molar-refractivity contribution >= 4 is 23.4 Å². The number of halogens is 1. The fourth-order valence-corrected chi connectivity index (χ4v) is 3.29. The molecule has 3 rings (SSSR count). The average Bonchev–Trinajstić information content (AvgIpc) is 2.97. The summed E-state index contributed by atoms with van der Waals surface area (Å²) in [5.74, 6) is -0.222. The summed E-state index contributed by atoms with van der Waals surface area (Å²) in [6, 6.07) is 7.23. The number of aromatic nitrogens is 2. The Morgan fingerprint density at radius 2 is 2.19 bits per heavy atom. The lowest BCUT2D eigenvalue weighted by Crippen LogP contribution is -2.37. The van der Waals surface area contributed by atoms with E-state index in [0.29, 0.717) is 30.1 Å². The predicted octanol–water partition coefficient (Wildman–Crippen LogP) is 2.61. The molecule has 136 valence electrons. The maximum absolute atomic E-state index is 12.6. The molecule has 1 aliphatic heterocycles. The molecule has 0 saturated carbocycles. The topological polar surface area (TPSA) is 75.2 Å². The first-order valence-corrected chi connectivity index (χ1v) is 9.07. The SMILES string of the molecule is CCCc1ncncc1C(=O)NC1CC(=O)N(Cc2ccccc2Cl)C1. The molecule has 0 aliphatic carbocycles. The van der Waals surface area contributed by atoms with Gasteiger partial charge in [-0.3, -0.25) is 9.59 Å². The number of carbonyl (C=O) groups is 2. The summed E-state index contributed by atoms with van der Waals surface area (Å²) in [6.45, 7) is 2.94. The molecule has 1 fully saturated rings. The molecule has 2 amide bonds. The van der Waals surface area contributed by atoms with Crippen LogP contribution in [-0.2, 0) is 17.8 Å². The summed E-state index contributed by atoms with van der Waals surface area (Å²) < 4.78 is 0. The van der Waals surface area contributed by atoms with Crippen molar-refractivity contribution in [3.8, 4) is 0 Å². The van der Waals surface area contributed by atoms with Gasteiger partial charge in [-0.15, -0.1) is 0 Å². The summed E-state index contributed by atoms with van der Waals surface area (Å²) in [5, 5.41) is 3.58. The molecule has 0 radical (unpaired) electrons. The van der Waals surface area contributed by atoms with Crippen LogP contribution < -0.4 is 5.32 Å². The Hall–Kier alpha value is -2.47. The lowest BCUT2D eigenvalue weighted by atomic mass is 10.1. The van der Waals surface area contributed by atoms with Crippen molar-refractivity contribution in [1.82, 2.24) is 20.2 Å². The minimum atomic E-state index is -0.230. The maximum atomic E-state index is 12.6. The first-order valence-electron chi connectivity index (χ1n) is 8.69. The fraction of sp³-hybridized carbons (Fsp3) is 0.368. The van der Waals surface area contributed by atoms with Crippen molar-refractivity contribution in [3.63, 3.8) is 0 Å². The Morgan fingerprint density at radius 3 is 2.96 bits per heavy atom. The number of carbonyl (C=O) groups excluding carboxylic acids is 2. The van der Waals surface area contributed by atoms with Crippen molar-refractivity contribution < 1.29 is 9.59 Å². The van der Waals surface area contributed by atoms with Crippen LogP contribution in [0.3, 0.4) is 0 Å². The van der Waals surface area contributed by atoms with E-state index in [9.17, 15) is 9.59 Å². The van der Waals surface area contributed by atoms with Gasteiger partial charge >= 0.3 is 0 Å². The number of benzene rings is 1. The van der Waals surface area contributed by atoms with Gasteiger partial charge in [-0.2, -0.15) is 0 Å². The van der Waals surface area contributed by atoms with Crippen LogP contribution in [0.1, 0.15) is 41.4 Å². The van der Waals surface area contributed by atoms with Crippen LogP contribution in [0.5, 0.6) is 0 Å². The molecular formula is C19H21ClN4O2. The van der Waals surface area contributed by atoms with E-state index in [4.69, 9.17) is 11.6 Å². The van der Waals surface area contributed by atoms with Crippen molar-refractivity contribution in [2.75, 3.05) is 6.54 Å². The van der Waals surface area contributed by atoms with Crippen LogP contribution in [0, 0.1) is 0 Å². The number of hydrogen-bond donors (Lipinski definition) is 1. The highest BCUT2D eigenvalue weighted by molar-refractivity contribution is 6.31. The van der Waals surface area contributed by atoms with E-state index in [1.54, 1.807) is 11.0 Å². The number of likely N-dealkylation sites (tertiary alicyclic amines) is 1. The lowest BCUT2D eigenvalue weighted by molar-refractivity contribution is -0.128. The monoisotopic (exact) mass is 372 g/mol. The molecule has 1 saturated heterocycles. The highest BCUT2D eigenvalue weighted by Crippen LogP contribution is 2.21. The van der Waals surface area contributed by atoms with Gasteiger partial charge in [-0.1, -0.05) is 43.1 Å². The van der Waals surface area contributed by atoms with Crippen molar-refractivity contribution in [2.24, 2.45) is 0 Å². The van der Waals surface area contributed by atoms with Crippen molar-refractivity contribution in [3.05, 3.63) is 58.6 Å². The third kappa shape index (κ3) is 4.19. The van der Waals surface area contributed by atoms with Crippen LogP contribution in [0.25, 0.3) is 0 Å². The van der Waals surface area contributed by atoms with E-state index < -0.39 is 0 Å². The number of nitrogens with one attached hydrogen (secondary N) is 1. The first kappa shape index (κ1) is 18.3. The van der Waals surface area contributed by atoms with Gasteiger partial charge in [0.05, 0.1) is 17.3 Å². The van der Waals surface area contributed by atoms with Crippen LogP contribution in [0.4, 0.5) is 0 Å². The van der Waals surface area contributed by atoms with Gasteiger partial charge in [0.25, 0.3) is 5.91 Å². The Morgan fingerprint density at radius 1 is 1.38 bits per heavy atom. The number of hydrogen-bond acceptors (Lipinski definition) is 4. The number of rotatable bonds is 6. The van der Waals surface area contributed by atoms with E-state index in [1.165, 1.54) is 12.5 Å². The van der Waals surface area contributed by atoms with Crippen LogP contribution in [-0.4, -0.2) is 39.3 Å². The molecule has 1 aliphatic rings. The second-order valence-electron chi connectivity index (χ2n) is 6.37. The summed E-state index contributed by atoms with van der Waals surface area (Å²) in [5.41, 5.74) is 2.11. The normalized spacial score (nSPS) is 16.8. The molecule has 2 aromatic rings. The van der Waals surface area contributed by atoms with Gasteiger partial charge in [0, 0.05) is 30.7 Å². The largest absolute Gasteiger partial charge is 0.347 e. The third-order valence-corrected chi connectivity index (χ3v) is 4.76. The zero-order chi connectivity index (χ0) is 18.5. The molecule has 0 spiro atoms. The molecular weight excluding hydrogens is 352 g/mol. The standard InChI is InChI=1S/C19H21ClN4O2/c1-2-5-17-15(9-21-12-22-17)19(26)23-14-8-18(25)24(11-14)10-13-6-3-4-7-16(13)20/h3-4,6-7,9,12,14H,2,5,8,10-11H2,1H3,(H,23,26). The molecule has 1 aromatic carbocycles. The predicted molar refractivity (Wildman–Crippen MR) is 98.8 cm³/mol. The number of nitrogens with zero attached hydrogens (tertiary/aromatic N) is 3. The second-order valence-corrected chi connectivity index (χ2v) is 6.78. The maximum Gasteiger partial charge on any atom is 0.254 e. The van der Waals surface area contributed by atoms with Crippen molar-refractivity contribution in [1.29, 1.82) is 0 Å². The molecule has 1 unspecified atom stereocenters. The first-order chi connectivity index (χ1) is 12.6. The Balaban J connectivity index is 1.64. The van der Waals surface area contributed by atoms with Crippen LogP contribution in [0.15, 0.2) is 36.8 Å². The van der Waals surface area contributed by atoms with E-state index >= 15 is 0 Å². The summed E-state index contributed by atoms with van der Waals surface area (Å²) in [7, 11) is 0. The lowest BCUT2D eigenvalue weighted by Gasteiger charge is -2.18. The molecule has 1 atom stereocenters. The molecule has 6 nitrogen and oxygen atoms in total. The molecule has 1 aromatic heterocycles. The van der Waals surface area contributed by atoms with Gasteiger partial charge in [-0.25, -0.2) is 9.97 Å². The quantitative estimate of drug-likeness (QED) is 0.845. The van der Waals surface area contributed by atoms with Crippen LogP contribution in [0.2, 0.25) is 5.02 Å². The Labute approximate surface area is 157 Å². The number of aryl methyl sites for hydroxylation is 1. The van der Waals surface area contributed by atoms with Crippen LogP contribution >= 0.6 is 11.6 Å². The highest BCUT2D eigenvalue weighted by Gasteiger charge is 2.31. The second kappa shape index (κ2) is 8.27. The van der Waals surface area contributed by atoms with Gasteiger partial charge in [0.15, 0.2) is 0 Å². The van der Waals surface area contributed by atoms with Gasteiger partial charge in [0.1, 0.15) is 6.33 Å². The van der Waals surface area contributed by atoms with E-state index in [2.05, 4.69) is 15.3 Å². The Kier molecular flexibility index (Phi) is 5.83.